The van der Waals surface area contributed by atoms with E-state index in [-0.39, 0.29) is 0 Å². The van der Waals surface area contributed by atoms with Crippen molar-refractivity contribution in [1.29, 1.82) is 5.26 Å². The van der Waals surface area contributed by atoms with Gasteiger partial charge in [-0.2, -0.15) is 5.26 Å². The average molecular weight is 587 g/mol. The fraction of sp³-hybridized carbons (Fsp3) is 0.0238. The lowest BCUT2D eigenvalue weighted by Crippen LogP contribution is -2.36. The highest BCUT2D eigenvalue weighted by atomic mass is 15.2. The molecule has 2 aliphatic rings. The van der Waals surface area contributed by atoms with E-state index in [0.29, 0.717) is 11.5 Å². The van der Waals surface area contributed by atoms with Gasteiger partial charge in [0.05, 0.1) is 28.2 Å². The minimum atomic E-state index is -0.483. The van der Waals surface area contributed by atoms with Crippen LogP contribution >= 0.6 is 0 Å². The molecule has 9 rings (SSSR count). The van der Waals surface area contributed by atoms with Crippen molar-refractivity contribution in [2.24, 2.45) is 0 Å². The number of hydrogen-bond acceptors (Lipinski definition) is 4. The van der Waals surface area contributed by atoms with Crippen LogP contribution in [0.3, 0.4) is 0 Å². The lowest BCUT2D eigenvalue weighted by Gasteiger charge is -2.45. The number of para-hydroxylation sites is 3. The average Bonchev–Trinajstić information content (AvgIpc) is 3.43. The first-order valence-corrected chi connectivity index (χ1v) is 15.4. The molecule has 46 heavy (non-hydrogen) atoms. The van der Waals surface area contributed by atoms with Crippen molar-refractivity contribution in [2.45, 2.75) is 5.41 Å². The van der Waals surface area contributed by atoms with Gasteiger partial charge in [0.1, 0.15) is 11.8 Å². The summed E-state index contributed by atoms with van der Waals surface area (Å²) in [7, 11) is 0. The van der Waals surface area contributed by atoms with Gasteiger partial charge >= 0.3 is 0 Å². The molecule has 1 aliphatic heterocycles. The van der Waals surface area contributed by atoms with E-state index in [2.05, 4.69) is 126 Å². The van der Waals surface area contributed by atoms with E-state index in [1.165, 1.54) is 33.4 Å². The van der Waals surface area contributed by atoms with E-state index in [0.717, 1.165) is 33.9 Å². The Labute approximate surface area is 267 Å². The Kier molecular flexibility index (Phi) is 5.75. The zero-order valence-corrected chi connectivity index (χ0v) is 24.8. The van der Waals surface area contributed by atoms with Crippen molar-refractivity contribution in [3.05, 3.63) is 186 Å². The zero-order chi connectivity index (χ0) is 30.7. The van der Waals surface area contributed by atoms with Crippen molar-refractivity contribution in [2.75, 3.05) is 4.90 Å². The standard InChI is InChI=1S/C42H26N4/c43-27-29-26-37(28-14-2-1-3-15-28)45-41(44-29)32-18-6-11-23-38(32)46-39-24-12-9-21-35(39)42(36-22-10-13-25-40(36)46)33-19-7-4-16-30(33)31-17-5-8-20-34(31)42/h1-26H. The number of anilines is 3. The van der Waals surface area contributed by atoms with Gasteiger partial charge in [-0.25, -0.2) is 9.97 Å². The Bertz CT molecular complexity index is 2260. The lowest BCUT2D eigenvalue weighted by molar-refractivity contribution is 0.752. The number of nitrogens with zero attached hydrogens (tertiary/aromatic N) is 4. The molecule has 0 N–H and O–H groups in total. The molecule has 1 aliphatic carbocycles. The molecule has 1 spiro atoms. The lowest BCUT2D eigenvalue weighted by atomic mass is 9.64. The minimum Gasteiger partial charge on any atom is -0.309 e. The highest BCUT2D eigenvalue weighted by molar-refractivity contribution is 5.97. The molecule has 4 heteroatoms. The predicted octanol–water partition coefficient (Wildman–Crippen LogP) is 9.83. The Morgan fingerprint density at radius 1 is 0.478 bits per heavy atom. The van der Waals surface area contributed by atoms with E-state index in [9.17, 15) is 5.26 Å². The predicted molar refractivity (Wildman–Crippen MR) is 183 cm³/mol. The van der Waals surface area contributed by atoms with E-state index in [1.807, 2.05) is 36.4 Å². The van der Waals surface area contributed by atoms with Gasteiger partial charge in [-0.15, -0.1) is 0 Å². The summed E-state index contributed by atoms with van der Waals surface area (Å²) in [5, 5.41) is 9.99. The van der Waals surface area contributed by atoms with Gasteiger partial charge in [0.25, 0.3) is 0 Å². The molecule has 0 bridgehead atoms. The highest BCUT2D eigenvalue weighted by Gasteiger charge is 2.51. The zero-order valence-electron chi connectivity index (χ0n) is 24.8. The molecule has 0 saturated heterocycles. The normalized spacial score (nSPS) is 13.3. The first-order chi connectivity index (χ1) is 22.8. The summed E-state index contributed by atoms with van der Waals surface area (Å²) >= 11 is 0. The summed E-state index contributed by atoms with van der Waals surface area (Å²) < 4.78 is 0. The van der Waals surface area contributed by atoms with Gasteiger partial charge in [0.2, 0.25) is 0 Å². The molecule has 0 fully saturated rings. The molecular formula is C42H26N4. The van der Waals surface area contributed by atoms with Crippen LogP contribution in [0.25, 0.3) is 33.8 Å². The van der Waals surface area contributed by atoms with Gasteiger partial charge < -0.3 is 4.90 Å². The van der Waals surface area contributed by atoms with Crippen LogP contribution in [-0.4, -0.2) is 9.97 Å². The number of hydrogen-bond donors (Lipinski definition) is 0. The number of nitriles is 1. The van der Waals surface area contributed by atoms with Crippen LogP contribution < -0.4 is 4.90 Å². The van der Waals surface area contributed by atoms with Gasteiger partial charge in [-0.1, -0.05) is 127 Å². The first-order valence-electron chi connectivity index (χ1n) is 15.4. The van der Waals surface area contributed by atoms with Crippen LogP contribution in [0.4, 0.5) is 17.1 Å². The quantitative estimate of drug-likeness (QED) is 0.207. The fourth-order valence-corrected chi connectivity index (χ4v) is 7.56. The summed E-state index contributed by atoms with van der Waals surface area (Å²) in [6.45, 7) is 0. The SMILES string of the molecule is N#Cc1cc(-c2ccccc2)nc(-c2ccccc2N2c3ccccc3C3(c4ccccc4-c4ccccc43)c3ccccc32)n1. The topological polar surface area (TPSA) is 52.8 Å². The molecule has 0 unspecified atom stereocenters. The highest BCUT2D eigenvalue weighted by Crippen LogP contribution is 2.63. The van der Waals surface area contributed by atoms with Crippen LogP contribution in [0.2, 0.25) is 0 Å². The van der Waals surface area contributed by atoms with Gasteiger partial charge in [-0.05, 0) is 57.6 Å². The van der Waals surface area contributed by atoms with E-state index in [1.54, 1.807) is 6.07 Å². The van der Waals surface area contributed by atoms with Gasteiger partial charge in [0.15, 0.2) is 5.82 Å². The Morgan fingerprint density at radius 3 is 1.54 bits per heavy atom. The maximum absolute atomic E-state index is 9.99. The Balaban J connectivity index is 1.33. The molecule has 7 aromatic rings. The van der Waals surface area contributed by atoms with Crippen molar-refractivity contribution in [1.82, 2.24) is 9.97 Å². The minimum absolute atomic E-state index is 0.330. The second-order valence-electron chi connectivity index (χ2n) is 11.7. The molecule has 1 aromatic heterocycles. The molecule has 2 heterocycles. The molecular weight excluding hydrogens is 560 g/mol. The second-order valence-corrected chi connectivity index (χ2v) is 11.7. The van der Waals surface area contributed by atoms with Crippen LogP contribution in [-0.2, 0) is 5.41 Å². The van der Waals surface area contributed by atoms with Crippen molar-refractivity contribution in [3.8, 4) is 39.8 Å². The van der Waals surface area contributed by atoms with E-state index >= 15 is 0 Å². The Morgan fingerprint density at radius 2 is 0.957 bits per heavy atom. The second kappa shape index (κ2) is 10.1. The first kappa shape index (κ1) is 26.1. The molecule has 0 amide bonds. The third-order valence-electron chi connectivity index (χ3n) is 9.35. The maximum atomic E-state index is 9.99. The van der Waals surface area contributed by atoms with Gasteiger partial charge in [-0.3, -0.25) is 0 Å². The van der Waals surface area contributed by atoms with Crippen molar-refractivity contribution >= 4 is 17.1 Å². The molecule has 214 valence electrons. The van der Waals surface area contributed by atoms with Gasteiger partial charge in [0, 0.05) is 17.2 Å². The summed E-state index contributed by atoms with van der Waals surface area (Å²) in [4.78, 5) is 12.1. The largest absolute Gasteiger partial charge is 0.309 e. The fourth-order valence-electron chi connectivity index (χ4n) is 7.56. The number of benzene rings is 6. The Hall–Kier alpha value is -6.31. The number of rotatable bonds is 3. The smallest absolute Gasteiger partial charge is 0.163 e. The number of aromatic nitrogens is 2. The molecule has 4 nitrogen and oxygen atoms in total. The third-order valence-corrected chi connectivity index (χ3v) is 9.35. The number of fused-ring (bicyclic) bond motifs is 9. The summed E-state index contributed by atoms with van der Waals surface area (Å²) in [5.41, 5.74) is 13.1. The van der Waals surface area contributed by atoms with Crippen LogP contribution in [0, 0.1) is 11.3 Å². The molecule has 6 aromatic carbocycles. The summed E-state index contributed by atoms with van der Waals surface area (Å²) in [6.07, 6.45) is 0. The van der Waals surface area contributed by atoms with E-state index in [4.69, 9.17) is 9.97 Å². The molecule has 0 radical (unpaired) electrons. The molecule has 0 atom stereocenters. The van der Waals surface area contributed by atoms with Crippen LogP contribution in [0.15, 0.2) is 158 Å². The van der Waals surface area contributed by atoms with Crippen LogP contribution in [0.5, 0.6) is 0 Å². The van der Waals surface area contributed by atoms with E-state index < -0.39 is 5.41 Å². The monoisotopic (exact) mass is 586 g/mol. The van der Waals surface area contributed by atoms with Crippen molar-refractivity contribution in [3.63, 3.8) is 0 Å². The molecule has 0 saturated carbocycles. The third kappa shape index (κ3) is 3.60. The summed E-state index contributed by atoms with van der Waals surface area (Å²) in [6, 6.07) is 57.4. The maximum Gasteiger partial charge on any atom is 0.163 e. The summed E-state index contributed by atoms with van der Waals surface area (Å²) in [5.74, 6) is 0.514. The van der Waals surface area contributed by atoms with Crippen LogP contribution in [0.1, 0.15) is 27.9 Å². The van der Waals surface area contributed by atoms with Crippen molar-refractivity contribution < 1.29 is 0 Å².